The van der Waals surface area contributed by atoms with Crippen molar-refractivity contribution in [2.45, 2.75) is 5.92 Å². The average molecular weight is 274 g/mol. The molecule has 2 atom stereocenters. The second-order valence-corrected chi connectivity index (χ2v) is 4.88. The van der Waals surface area contributed by atoms with E-state index in [1.807, 2.05) is 12.1 Å². The number of esters is 1. The second kappa shape index (κ2) is 5.25. The van der Waals surface area contributed by atoms with E-state index in [0.29, 0.717) is 16.6 Å². The minimum absolute atomic E-state index is 0.0946. The maximum atomic E-state index is 11.6. The number of carbonyl (C=O) groups excluding carboxylic acids is 1. The number of hydrogen-bond donors (Lipinski definition) is 1. The number of rotatable bonds is 2. The molecule has 0 aliphatic carbocycles. The van der Waals surface area contributed by atoms with Crippen LogP contribution in [-0.2, 0) is 9.53 Å². The van der Waals surface area contributed by atoms with Crippen LogP contribution in [-0.4, -0.2) is 26.2 Å². The molecule has 0 bridgehead atoms. The molecule has 5 heteroatoms. The maximum Gasteiger partial charge on any atom is 0.310 e. The Morgan fingerprint density at radius 3 is 2.76 bits per heavy atom. The van der Waals surface area contributed by atoms with Crippen LogP contribution < -0.4 is 5.32 Å². The Hall–Kier alpha value is -0.770. The van der Waals surface area contributed by atoms with Crippen molar-refractivity contribution in [1.82, 2.24) is 5.32 Å². The van der Waals surface area contributed by atoms with Crippen LogP contribution in [0, 0.1) is 5.92 Å². The number of ether oxygens (including phenoxy) is 1. The molecule has 1 aliphatic heterocycles. The van der Waals surface area contributed by atoms with Gasteiger partial charge in [0.15, 0.2) is 0 Å². The second-order valence-electron chi connectivity index (χ2n) is 4.07. The van der Waals surface area contributed by atoms with E-state index in [1.54, 1.807) is 6.07 Å². The molecule has 1 aromatic carbocycles. The number of benzene rings is 1. The Labute approximate surface area is 110 Å². The van der Waals surface area contributed by atoms with Gasteiger partial charge in [-0.3, -0.25) is 4.79 Å². The molecule has 2 rings (SSSR count). The third-order valence-electron chi connectivity index (χ3n) is 3.09. The Morgan fingerprint density at radius 1 is 1.35 bits per heavy atom. The lowest BCUT2D eigenvalue weighted by atomic mass is 9.89. The van der Waals surface area contributed by atoms with Crippen LogP contribution >= 0.6 is 23.2 Å². The van der Waals surface area contributed by atoms with E-state index in [4.69, 9.17) is 27.9 Å². The molecule has 1 heterocycles. The fourth-order valence-corrected chi connectivity index (χ4v) is 2.48. The van der Waals surface area contributed by atoms with Gasteiger partial charge in [-0.05, 0) is 17.7 Å². The number of carbonyl (C=O) groups is 1. The molecule has 0 amide bonds. The molecule has 1 aliphatic rings. The number of nitrogens with one attached hydrogen (secondary N) is 1. The predicted octanol–water partition coefficient (Wildman–Crippen LogP) is 2.47. The Morgan fingerprint density at radius 2 is 2.12 bits per heavy atom. The van der Waals surface area contributed by atoms with Gasteiger partial charge < -0.3 is 10.1 Å². The summed E-state index contributed by atoms with van der Waals surface area (Å²) >= 11 is 11.9. The maximum absolute atomic E-state index is 11.6. The highest BCUT2D eigenvalue weighted by Gasteiger charge is 2.34. The Kier molecular flexibility index (Phi) is 3.92. The minimum atomic E-state index is -0.189. The molecule has 17 heavy (non-hydrogen) atoms. The first kappa shape index (κ1) is 12.7. The van der Waals surface area contributed by atoms with Crippen molar-refractivity contribution < 1.29 is 9.53 Å². The van der Waals surface area contributed by atoms with Crippen molar-refractivity contribution in [2.75, 3.05) is 20.2 Å². The largest absolute Gasteiger partial charge is 0.469 e. The Bertz CT molecular complexity index is 437. The van der Waals surface area contributed by atoms with Gasteiger partial charge in [0, 0.05) is 19.0 Å². The lowest BCUT2D eigenvalue weighted by Gasteiger charge is -2.17. The molecule has 92 valence electrons. The molecule has 0 unspecified atom stereocenters. The summed E-state index contributed by atoms with van der Waals surface area (Å²) in [5.74, 6) is -0.250. The third kappa shape index (κ3) is 2.57. The summed E-state index contributed by atoms with van der Waals surface area (Å²) in [7, 11) is 1.41. The number of halogens is 2. The first-order valence-electron chi connectivity index (χ1n) is 5.37. The van der Waals surface area contributed by atoms with Gasteiger partial charge >= 0.3 is 5.97 Å². The molecule has 1 aromatic rings. The zero-order chi connectivity index (χ0) is 12.4. The summed E-state index contributed by atoms with van der Waals surface area (Å²) in [6.07, 6.45) is 0. The zero-order valence-corrected chi connectivity index (χ0v) is 10.9. The van der Waals surface area contributed by atoms with Crippen LogP contribution in [0.5, 0.6) is 0 Å². The van der Waals surface area contributed by atoms with Crippen LogP contribution in [0.4, 0.5) is 0 Å². The topological polar surface area (TPSA) is 38.3 Å². The van der Waals surface area contributed by atoms with Gasteiger partial charge in [-0.25, -0.2) is 0 Å². The fraction of sp³-hybridized carbons (Fsp3) is 0.417. The van der Waals surface area contributed by atoms with Crippen molar-refractivity contribution in [3.05, 3.63) is 33.8 Å². The molecular formula is C12H13Cl2NO2. The first-order valence-corrected chi connectivity index (χ1v) is 6.12. The summed E-state index contributed by atoms with van der Waals surface area (Å²) in [6.45, 7) is 1.38. The third-order valence-corrected chi connectivity index (χ3v) is 3.83. The van der Waals surface area contributed by atoms with Crippen molar-refractivity contribution in [3.8, 4) is 0 Å². The molecule has 0 spiro atoms. The van der Waals surface area contributed by atoms with E-state index in [9.17, 15) is 4.79 Å². The molecule has 0 radical (unpaired) electrons. The molecule has 0 aromatic heterocycles. The highest BCUT2D eigenvalue weighted by atomic mass is 35.5. The van der Waals surface area contributed by atoms with E-state index in [-0.39, 0.29) is 17.8 Å². The molecule has 3 nitrogen and oxygen atoms in total. The summed E-state index contributed by atoms with van der Waals surface area (Å²) in [5, 5.41) is 4.23. The van der Waals surface area contributed by atoms with E-state index >= 15 is 0 Å². The van der Waals surface area contributed by atoms with Gasteiger partial charge in [0.25, 0.3) is 0 Å². The highest BCUT2D eigenvalue weighted by molar-refractivity contribution is 6.42. The van der Waals surface area contributed by atoms with E-state index in [0.717, 1.165) is 12.1 Å². The van der Waals surface area contributed by atoms with Gasteiger partial charge in [0.1, 0.15) is 0 Å². The van der Waals surface area contributed by atoms with Gasteiger partial charge in [0.2, 0.25) is 0 Å². The quantitative estimate of drug-likeness (QED) is 0.842. The molecule has 1 N–H and O–H groups in total. The highest BCUT2D eigenvalue weighted by Crippen LogP contribution is 2.32. The molecular weight excluding hydrogens is 261 g/mol. The van der Waals surface area contributed by atoms with Gasteiger partial charge in [0.05, 0.1) is 23.1 Å². The average Bonchev–Trinajstić information content (AvgIpc) is 2.80. The standard InChI is InChI=1S/C12H13Cl2NO2/c1-17-12(16)9-6-15-5-8(9)7-2-3-10(13)11(14)4-7/h2-4,8-9,15H,5-6H2,1H3/t8-,9+/m0/s1. The van der Waals surface area contributed by atoms with Crippen molar-refractivity contribution in [2.24, 2.45) is 5.92 Å². The zero-order valence-electron chi connectivity index (χ0n) is 9.37. The van der Waals surface area contributed by atoms with Crippen LogP contribution in [0.25, 0.3) is 0 Å². The van der Waals surface area contributed by atoms with Gasteiger partial charge in [-0.15, -0.1) is 0 Å². The summed E-state index contributed by atoms with van der Waals surface area (Å²) in [5.41, 5.74) is 1.01. The molecule has 1 saturated heterocycles. The first-order chi connectivity index (χ1) is 8.13. The summed E-state index contributed by atoms with van der Waals surface area (Å²) in [4.78, 5) is 11.6. The van der Waals surface area contributed by atoms with Gasteiger partial charge in [-0.1, -0.05) is 29.3 Å². The fourth-order valence-electron chi connectivity index (χ4n) is 2.17. The van der Waals surface area contributed by atoms with Crippen LogP contribution in [0.15, 0.2) is 18.2 Å². The molecule has 1 fully saturated rings. The number of hydrogen-bond acceptors (Lipinski definition) is 3. The van der Waals surface area contributed by atoms with Gasteiger partial charge in [-0.2, -0.15) is 0 Å². The smallest absolute Gasteiger partial charge is 0.310 e. The van der Waals surface area contributed by atoms with Crippen LogP contribution in [0.2, 0.25) is 10.0 Å². The van der Waals surface area contributed by atoms with Crippen LogP contribution in [0.1, 0.15) is 11.5 Å². The summed E-state index contributed by atoms with van der Waals surface area (Å²) < 4.78 is 4.80. The van der Waals surface area contributed by atoms with E-state index < -0.39 is 0 Å². The summed E-state index contributed by atoms with van der Waals surface area (Å²) in [6, 6.07) is 5.48. The normalized spacial score (nSPS) is 23.7. The van der Waals surface area contributed by atoms with E-state index in [2.05, 4.69) is 5.32 Å². The predicted molar refractivity (Wildman–Crippen MR) is 67.6 cm³/mol. The lowest BCUT2D eigenvalue weighted by molar-refractivity contribution is -0.145. The lowest BCUT2D eigenvalue weighted by Crippen LogP contribution is -2.22. The minimum Gasteiger partial charge on any atom is -0.469 e. The van der Waals surface area contributed by atoms with Crippen LogP contribution in [0.3, 0.4) is 0 Å². The monoisotopic (exact) mass is 273 g/mol. The SMILES string of the molecule is COC(=O)[C@@H]1CNC[C@H]1c1ccc(Cl)c(Cl)c1. The van der Waals surface area contributed by atoms with Crippen molar-refractivity contribution >= 4 is 29.2 Å². The van der Waals surface area contributed by atoms with Crippen molar-refractivity contribution in [1.29, 1.82) is 0 Å². The van der Waals surface area contributed by atoms with Crippen molar-refractivity contribution in [3.63, 3.8) is 0 Å². The van der Waals surface area contributed by atoms with E-state index in [1.165, 1.54) is 7.11 Å². The molecule has 0 saturated carbocycles. The Balaban J connectivity index is 2.26. The number of methoxy groups -OCH3 is 1.